The first-order valence-corrected chi connectivity index (χ1v) is 4.29. The van der Waals surface area contributed by atoms with Gasteiger partial charge in [-0.25, -0.2) is 0 Å². The molecular weight excluding hydrogens is 152 g/mol. The van der Waals surface area contributed by atoms with Crippen LogP contribution in [0.1, 0.15) is 9.75 Å². The van der Waals surface area contributed by atoms with Crippen molar-refractivity contribution in [3.63, 3.8) is 0 Å². The monoisotopic (exact) mass is 156 g/mol. The highest BCUT2D eigenvalue weighted by atomic mass is 32.2. The van der Waals surface area contributed by atoms with Crippen molar-refractivity contribution >= 4 is 28.7 Å². The number of fused-ring (bicyclic) bond motifs is 1. The van der Waals surface area contributed by atoms with Crippen LogP contribution in [0.3, 0.4) is 0 Å². The van der Waals surface area contributed by atoms with Gasteiger partial charge in [0, 0.05) is 16.2 Å². The first-order valence-electron chi connectivity index (χ1n) is 2.65. The van der Waals surface area contributed by atoms with Crippen molar-refractivity contribution in [1.82, 2.24) is 0 Å². The molecule has 46 valence electrons. The molecule has 1 nitrogen and oxygen atoms in total. The second kappa shape index (κ2) is 1.78. The number of allylic oxidation sites excluding steroid dienone is 1. The molecule has 0 aromatic carbocycles. The molecule has 0 aliphatic heterocycles. The van der Waals surface area contributed by atoms with Gasteiger partial charge in [-0.2, -0.15) is 0 Å². The molecule has 0 fully saturated rings. The van der Waals surface area contributed by atoms with E-state index >= 15 is 0 Å². The summed E-state index contributed by atoms with van der Waals surface area (Å²) in [5.41, 5.74) is 0. The Bertz CT molecular complexity index is 305. The van der Waals surface area contributed by atoms with E-state index in [1.54, 1.807) is 0 Å². The van der Waals surface area contributed by atoms with E-state index < -0.39 is 0 Å². The maximum Gasteiger partial charge on any atom is 0.288 e. The highest BCUT2D eigenvalue weighted by Gasteiger charge is 2.08. The molecule has 0 saturated carbocycles. The summed E-state index contributed by atoms with van der Waals surface area (Å²) in [5, 5.41) is 0. The Morgan fingerprint density at radius 3 is 3.11 bits per heavy atom. The lowest BCUT2D eigenvalue weighted by Gasteiger charge is -1.77. The van der Waals surface area contributed by atoms with Crippen LogP contribution in [0.2, 0.25) is 0 Å². The van der Waals surface area contributed by atoms with Gasteiger partial charge in [0.15, 0.2) is 0 Å². The van der Waals surface area contributed by atoms with Crippen LogP contribution < -0.4 is 4.06 Å². The summed E-state index contributed by atoms with van der Waals surface area (Å²) in [6.07, 6.45) is 5.09. The van der Waals surface area contributed by atoms with E-state index in [9.17, 15) is 4.79 Å². The molecule has 0 N–H and O–H groups in total. The average Bonchev–Trinajstić information content (AvgIpc) is 2.22. The highest BCUT2D eigenvalue weighted by Crippen LogP contribution is 2.24. The summed E-state index contributed by atoms with van der Waals surface area (Å²) in [7, 11) is 0. The van der Waals surface area contributed by atoms with Crippen molar-refractivity contribution in [3.05, 3.63) is 24.7 Å². The summed E-state index contributed by atoms with van der Waals surface area (Å²) in [6.45, 7) is 0. The largest absolute Gasteiger partial charge is 0.288 e. The number of hydrogen-bond donors (Lipinski definition) is 0. The van der Waals surface area contributed by atoms with Gasteiger partial charge >= 0.3 is 0 Å². The minimum Gasteiger partial charge on any atom is -0.265 e. The quantitative estimate of drug-likeness (QED) is 0.559. The van der Waals surface area contributed by atoms with Gasteiger partial charge in [-0.05, 0) is 6.08 Å². The lowest BCUT2D eigenvalue weighted by atomic mass is 10.5. The zero-order chi connectivity index (χ0) is 6.27. The summed E-state index contributed by atoms with van der Waals surface area (Å²) in [6, 6.07) is 0. The third kappa shape index (κ3) is 0.767. The van der Waals surface area contributed by atoms with Gasteiger partial charge in [0.2, 0.25) is 0 Å². The summed E-state index contributed by atoms with van der Waals surface area (Å²) < 4.78 is 0.226. The Morgan fingerprint density at radius 2 is 2.33 bits per heavy atom. The standard InChI is InChI=1S/C6H4OS2/c7-6-8-4-2-1-3-5(4)9-6/h1-2H,3H2. The van der Waals surface area contributed by atoms with Crippen molar-refractivity contribution in [2.24, 2.45) is 0 Å². The SMILES string of the molecule is O=c1sc2c(s1)CC=C2. The van der Waals surface area contributed by atoms with Crippen LogP contribution in [-0.4, -0.2) is 0 Å². The third-order valence-corrected chi connectivity index (χ3v) is 3.45. The lowest BCUT2D eigenvalue weighted by Crippen LogP contribution is -1.75. The Hall–Kier alpha value is -0.410. The molecule has 2 rings (SSSR count). The van der Waals surface area contributed by atoms with Gasteiger partial charge in [0.25, 0.3) is 4.06 Å². The molecule has 0 atom stereocenters. The number of hydrogen-bond acceptors (Lipinski definition) is 3. The van der Waals surface area contributed by atoms with Gasteiger partial charge in [0.1, 0.15) is 0 Å². The van der Waals surface area contributed by atoms with Crippen molar-refractivity contribution in [1.29, 1.82) is 0 Å². The summed E-state index contributed by atoms with van der Waals surface area (Å²) >= 11 is 2.73. The van der Waals surface area contributed by atoms with E-state index in [-0.39, 0.29) is 4.06 Å². The second-order valence-corrected chi connectivity index (χ2v) is 4.19. The smallest absolute Gasteiger partial charge is 0.265 e. The van der Waals surface area contributed by atoms with E-state index in [1.165, 1.54) is 32.4 Å². The summed E-state index contributed by atoms with van der Waals surface area (Å²) in [4.78, 5) is 13.1. The zero-order valence-electron chi connectivity index (χ0n) is 4.59. The fraction of sp³-hybridized carbons (Fsp3) is 0.167. The maximum absolute atomic E-state index is 10.7. The Balaban J connectivity index is 2.75. The van der Waals surface area contributed by atoms with Crippen LogP contribution in [0, 0.1) is 0 Å². The first kappa shape index (κ1) is 5.38. The van der Waals surface area contributed by atoms with Crippen molar-refractivity contribution < 1.29 is 0 Å². The molecule has 0 saturated heterocycles. The van der Waals surface area contributed by atoms with Gasteiger partial charge in [-0.3, -0.25) is 4.79 Å². The zero-order valence-corrected chi connectivity index (χ0v) is 6.22. The molecule has 1 aromatic heterocycles. The average molecular weight is 156 g/mol. The molecule has 9 heavy (non-hydrogen) atoms. The fourth-order valence-corrected chi connectivity index (χ4v) is 2.94. The molecule has 0 spiro atoms. The molecule has 1 aromatic rings. The molecule has 0 unspecified atom stereocenters. The summed E-state index contributed by atoms with van der Waals surface area (Å²) in [5.74, 6) is 0. The Labute approximate surface area is 60.3 Å². The van der Waals surface area contributed by atoms with Crippen LogP contribution in [0.5, 0.6) is 0 Å². The van der Waals surface area contributed by atoms with E-state index in [0.717, 1.165) is 6.42 Å². The predicted molar refractivity (Wildman–Crippen MR) is 41.2 cm³/mol. The molecule has 0 radical (unpaired) electrons. The van der Waals surface area contributed by atoms with Crippen molar-refractivity contribution in [3.8, 4) is 0 Å². The van der Waals surface area contributed by atoms with E-state index in [1.807, 2.05) is 6.08 Å². The third-order valence-electron chi connectivity index (χ3n) is 1.25. The van der Waals surface area contributed by atoms with Crippen LogP contribution >= 0.6 is 22.7 Å². The van der Waals surface area contributed by atoms with Gasteiger partial charge in [-0.1, -0.05) is 28.7 Å². The normalized spacial score (nSPS) is 14.2. The maximum atomic E-state index is 10.7. The van der Waals surface area contributed by atoms with E-state index in [0.29, 0.717) is 0 Å². The van der Waals surface area contributed by atoms with Crippen molar-refractivity contribution in [2.45, 2.75) is 6.42 Å². The van der Waals surface area contributed by atoms with Gasteiger partial charge in [0.05, 0.1) is 0 Å². The molecule has 1 aliphatic carbocycles. The molecule has 0 amide bonds. The van der Waals surface area contributed by atoms with Crippen LogP contribution in [0.15, 0.2) is 10.9 Å². The minimum atomic E-state index is 0.226. The Kier molecular flexibility index (Phi) is 1.07. The van der Waals surface area contributed by atoms with Crippen molar-refractivity contribution in [2.75, 3.05) is 0 Å². The number of rotatable bonds is 0. The lowest BCUT2D eigenvalue weighted by molar-refractivity contribution is 1.40. The van der Waals surface area contributed by atoms with E-state index in [2.05, 4.69) is 6.08 Å². The topological polar surface area (TPSA) is 17.1 Å². The van der Waals surface area contributed by atoms with Crippen LogP contribution in [0.4, 0.5) is 0 Å². The van der Waals surface area contributed by atoms with Crippen LogP contribution in [-0.2, 0) is 6.42 Å². The minimum absolute atomic E-state index is 0.226. The highest BCUT2D eigenvalue weighted by molar-refractivity contribution is 7.28. The first-order chi connectivity index (χ1) is 4.36. The van der Waals surface area contributed by atoms with Gasteiger partial charge in [-0.15, -0.1) is 0 Å². The second-order valence-electron chi connectivity index (χ2n) is 1.85. The van der Waals surface area contributed by atoms with E-state index in [4.69, 9.17) is 0 Å². The van der Waals surface area contributed by atoms with Crippen LogP contribution in [0.25, 0.3) is 6.08 Å². The Morgan fingerprint density at radius 1 is 1.44 bits per heavy atom. The molecule has 1 heterocycles. The fourth-order valence-electron chi connectivity index (χ4n) is 0.861. The molecule has 0 bridgehead atoms. The van der Waals surface area contributed by atoms with Gasteiger partial charge < -0.3 is 0 Å². The molecule has 3 heteroatoms. The predicted octanol–water partition coefficient (Wildman–Crippen LogP) is 1.74. The molecule has 1 aliphatic rings. The molecular formula is C6H4OS2.